The quantitative estimate of drug-likeness (QED) is 0.767. The molecule has 0 spiro atoms. The fraction of sp³-hybridized carbons (Fsp3) is 0.579. The van der Waals surface area contributed by atoms with E-state index in [1.807, 2.05) is 0 Å². The molecule has 2 heteroatoms. The van der Waals surface area contributed by atoms with Crippen LogP contribution in [-0.2, 0) is 23.2 Å². The molecular formula is C19H26O2. The van der Waals surface area contributed by atoms with Crippen molar-refractivity contribution in [2.45, 2.75) is 51.0 Å². The molecule has 0 saturated heterocycles. The third-order valence-electron chi connectivity index (χ3n) is 5.58. The Morgan fingerprint density at radius 1 is 1.29 bits per heavy atom. The molecule has 21 heavy (non-hydrogen) atoms. The second-order valence-corrected chi connectivity index (χ2v) is 6.77. The molecule has 0 aliphatic heterocycles. The van der Waals surface area contributed by atoms with E-state index in [2.05, 4.69) is 25.6 Å². The maximum absolute atomic E-state index is 5.61. The highest BCUT2D eigenvalue weighted by Crippen LogP contribution is 2.52. The lowest BCUT2D eigenvalue weighted by Gasteiger charge is -2.47. The van der Waals surface area contributed by atoms with Crippen molar-refractivity contribution < 1.29 is 9.47 Å². The van der Waals surface area contributed by atoms with Crippen molar-refractivity contribution in [3.8, 4) is 5.75 Å². The van der Waals surface area contributed by atoms with Crippen molar-refractivity contribution in [1.29, 1.82) is 0 Å². The molecule has 2 aliphatic rings. The molecule has 0 radical (unpaired) electrons. The molecule has 0 unspecified atom stereocenters. The Balaban J connectivity index is 2.09. The molecule has 1 fully saturated rings. The zero-order chi connectivity index (χ0) is 15.0. The van der Waals surface area contributed by atoms with Crippen LogP contribution in [0.15, 0.2) is 24.3 Å². The van der Waals surface area contributed by atoms with E-state index in [9.17, 15) is 0 Å². The van der Waals surface area contributed by atoms with Crippen LogP contribution < -0.4 is 4.74 Å². The van der Waals surface area contributed by atoms with Crippen LogP contribution in [0.2, 0.25) is 0 Å². The molecule has 0 aromatic heterocycles. The lowest BCUT2D eigenvalue weighted by Crippen LogP contribution is -2.40. The Labute approximate surface area is 128 Å². The zero-order valence-electron chi connectivity index (χ0n) is 13.5. The SMILES string of the molecule is C=C1CCC[C@]2(C)c3cc(OC)c(COC)cc3CC[C@@H]12. The Morgan fingerprint density at radius 3 is 2.81 bits per heavy atom. The van der Waals surface area contributed by atoms with Gasteiger partial charge >= 0.3 is 0 Å². The summed E-state index contributed by atoms with van der Waals surface area (Å²) in [7, 11) is 3.49. The zero-order valence-corrected chi connectivity index (χ0v) is 13.5. The number of rotatable bonds is 3. The fourth-order valence-corrected chi connectivity index (χ4v) is 4.50. The first-order valence-electron chi connectivity index (χ1n) is 7.97. The van der Waals surface area contributed by atoms with E-state index >= 15 is 0 Å². The first-order valence-corrected chi connectivity index (χ1v) is 7.97. The predicted octanol–water partition coefficient (Wildman–Crippen LogP) is 4.40. The summed E-state index contributed by atoms with van der Waals surface area (Å²) in [4.78, 5) is 0. The summed E-state index contributed by atoms with van der Waals surface area (Å²) in [6.45, 7) is 7.40. The van der Waals surface area contributed by atoms with Gasteiger partial charge in [-0.1, -0.05) is 19.1 Å². The van der Waals surface area contributed by atoms with E-state index in [1.54, 1.807) is 14.2 Å². The van der Waals surface area contributed by atoms with Crippen LogP contribution in [-0.4, -0.2) is 14.2 Å². The lowest BCUT2D eigenvalue weighted by molar-refractivity contribution is 0.181. The summed E-state index contributed by atoms with van der Waals surface area (Å²) in [5.41, 5.74) is 5.82. The average Bonchev–Trinajstić information content (AvgIpc) is 2.47. The van der Waals surface area contributed by atoms with Crippen molar-refractivity contribution in [2.75, 3.05) is 14.2 Å². The number of methoxy groups -OCH3 is 2. The Bertz CT molecular complexity index is 561. The normalized spacial score (nSPS) is 28.0. The summed E-state index contributed by atoms with van der Waals surface area (Å²) >= 11 is 0. The number of hydrogen-bond acceptors (Lipinski definition) is 2. The maximum atomic E-state index is 5.61. The standard InChI is InChI=1S/C19H26O2/c1-13-6-5-9-19(2)16(13)8-7-14-10-15(12-20-3)18(21-4)11-17(14)19/h10-11,16H,1,5-9,12H2,2-4H3/t16-,19-/m0/s1. The summed E-state index contributed by atoms with van der Waals surface area (Å²) < 4.78 is 10.9. The largest absolute Gasteiger partial charge is 0.496 e. The fourth-order valence-electron chi connectivity index (χ4n) is 4.50. The van der Waals surface area contributed by atoms with Gasteiger partial charge in [0.1, 0.15) is 5.75 Å². The maximum Gasteiger partial charge on any atom is 0.124 e. The molecule has 2 nitrogen and oxygen atoms in total. The van der Waals surface area contributed by atoms with E-state index in [1.165, 1.54) is 42.4 Å². The second-order valence-electron chi connectivity index (χ2n) is 6.77. The summed E-state index contributed by atoms with van der Waals surface area (Å²) in [5.74, 6) is 1.60. The molecule has 0 heterocycles. The highest BCUT2D eigenvalue weighted by atomic mass is 16.5. The van der Waals surface area contributed by atoms with Gasteiger partial charge in [-0.15, -0.1) is 0 Å². The number of fused-ring (bicyclic) bond motifs is 3. The lowest BCUT2D eigenvalue weighted by atomic mass is 9.57. The average molecular weight is 286 g/mol. The predicted molar refractivity (Wildman–Crippen MR) is 85.9 cm³/mol. The Hall–Kier alpha value is -1.28. The first-order chi connectivity index (χ1) is 10.1. The Kier molecular flexibility index (Phi) is 3.83. The molecule has 0 amide bonds. The van der Waals surface area contributed by atoms with Crippen molar-refractivity contribution in [3.05, 3.63) is 41.0 Å². The van der Waals surface area contributed by atoms with Gasteiger partial charge in [-0.25, -0.2) is 0 Å². The van der Waals surface area contributed by atoms with Crippen molar-refractivity contribution in [3.63, 3.8) is 0 Å². The van der Waals surface area contributed by atoms with Gasteiger partial charge in [0.2, 0.25) is 0 Å². The monoisotopic (exact) mass is 286 g/mol. The Morgan fingerprint density at radius 2 is 2.10 bits per heavy atom. The van der Waals surface area contributed by atoms with Crippen LogP contribution in [0, 0.1) is 5.92 Å². The van der Waals surface area contributed by atoms with Crippen molar-refractivity contribution in [2.24, 2.45) is 5.92 Å². The molecule has 1 aromatic carbocycles. The molecular weight excluding hydrogens is 260 g/mol. The third kappa shape index (κ3) is 2.30. The molecule has 2 aliphatic carbocycles. The van der Waals surface area contributed by atoms with E-state index < -0.39 is 0 Å². The van der Waals surface area contributed by atoms with Gasteiger partial charge in [0.05, 0.1) is 13.7 Å². The van der Waals surface area contributed by atoms with E-state index in [0.717, 1.165) is 17.7 Å². The molecule has 1 saturated carbocycles. The third-order valence-corrected chi connectivity index (χ3v) is 5.58. The van der Waals surface area contributed by atoms with Crippen LogP contribution in [0.3, 0.4) is 0 Å². The van der Waals surface area contributed by atoms with Crippen molar-refractivity contribution >= 4 is 0 Å². The van der Waals surface area contributed by atoms with Crippen molar-refractivity contribution in [1.82, 2.24) is 0 Å². The minimum absolute atomic E-state index is 0.238. The number of aryl methyl sites for hydroxylation is 1. The van der Waals surface area contributed by atoms with E-state index in [4.69, 9.17) is 9.47 Å². The molecule has 114 valence electrons. The molecule has 1 aromatic rings. The van der Waals surface area contributed by atoms with Crippen LogP contribution in [0.5, 0.6) is 5.75 Å². The van der Waals surface area contributed by atoms with Gasteiger partial charge in [-0.2, -0.15) is 0 Å². The minimum Gasteiger partial charge on any atom is -0.496 e. The number of benzene rings is 1. The van der Waals surface area contributed by atoms with E-state index in [0.29, 0.717) is 12.5 Å². The van der Waals surface area contributed by atoms with Gasteiger partial charge in [-0.3, -0.25) is 0 Å². The summed E-state index contributed by atoms with van der Waals surface area (Å²) in [5, 5.41) is 0. The van der Waals surface area contributed by atoms with Gasteiger partial charge < -0.3 is 9.47 Å². The highest BCUT2D eigenvalue weighted by Gasteiger charge is 2.43. The molecule has 0 bridgehead atoms. The number of ether oxygens (including phenoxy) is 2. The topological polar surface area (TPSA) is 18.5 Å². The summed E-state index contributed by atoms with van der Waals surface area (Å²) in [6, 6.07) is 4.57. The number of allylic oxidation sites excluding steroid dienone is 1. The minimum atomic E-state index is 0.238. The summed E-state index contributed by atoms with van der Waals surface area (Å²) in [6.07, 6.45) is 6.11. The van der Waals surface area contributed by atoms with Crippen LogP contribution >= 0.6 is 0 Å². The van der Waals surface area contributed by atoms with Gasteiger partial charge in [0.15, 0.2) is 0 Å². The van der Waals surface area contributed by atoms with Crippen LogP contribution in [0.1, 0.15) is 49.3 Å². The number of hydrogen-bond donors (Lipinski definition) is 0. The highest BCUT2D eigenvalue weighted by molar-refractivity contribution is 5.49. The van der Waals surface area contributed by atoms with Crippen LogP contribution in [0.4, 0.5) is 0 Å². The van der Waals surface area contributed by atoms with Gasteiger partial charge in [0, 0.05) is 12.7 Å². The first kappa shape index (κ1) is 14.6. The smallest absolute Gasteiger partial charge is 0.124 e. The van der Waals surface area contributed by atoms with Gasteiger partial charge in [-0.05, 0) is 66.7 Å². The molecule has 0 N–H and O–H groups in total. The molecule has 3 rings (SSSR count). The second kappa shape index (κ2) is 5.49. The molecule has 2 atom stereocenters. The van der Waals surface area contributed by atoms with Gasteiger partial charge in [0.25, 0.3) is 0 Å². The van der Waals surface area contributed by atoms with Crippen LogP contribution in [0.25, 0.3) is 0 Å². The van der Waals surface area contributed by atoms with E-state index in [-0.39, 0.29) is 5.41 Å².